The summed E-state index contributed by atoms with van der Waals surface area (Å²) < 4.78 is 7.27. The number of halogens is 1. The molecule has 0 fully saturated rings. The van der Waals surface area contributed by atoms with Crippen LogP contribution in [-0.4, -0.2) is 39.0 Å². The van der Waals surface area contributed by atoms with Crippen molar-refractivity contribution >= 4 is 33.7 Å². The molecule has 1 amide bonds. The molecule has 2 N–H and O–H groups in total. The molecule has 0 unspecified atom stereocenters. The Morgan fingerprint density at radius 1 is 1.37 bits per heavy atom. The van der Waals surface area contributed by atoms with Crippen LogP contribution in [0.2, 0.25) is 0 Å². The molecule has 0 saturated heterocycles. The van der Waals surface area contributed by atoms with Gasteiger partial charge in [-0.25, -0.2) is 5.43 Å². The second-order valence-corrected chi connectivity index (χ2v) is 6.98. The molecular formula is C19H16BrN5O5. The number of nitrogens with zero attached hydrogens (tertiary/aromatic N) is 4. The highest BCUT2D eigenvalue weighted by Crippen LogP contribution is 2.21. The molecule has 1 aromatic heterocycles. The Morgan fingerprint density at radius 2 is 2.10 bits per heavy atom. The van der Waals surface area contributed by atoms with Crippen LogP contribution in [0.25, 0.3) is 0 Å². The normalized spacial score (nSPS) is 10.9. The monoisotopic (exact) mass is 473 g/mol. The molecule has 1 heterocycles. The average Bonchev–Trinajstić information content (AvgIpc) is 3.15. The molecule has 0 atom stereocenters. The topological polar surface area (TPSA) is 132 Å². The maximum Gasteiger partial charge on any atom is 0.320 e. The van der Waals surface area contributed by atoms with E-state index in [0.717, 1.165) is 10.0 Å². The van der Waals surface area contributed by atoms with E-state index in [-0.39, 0.29) is 18.0 Å². The van der Waals surface area contributed by atoms with Gasteiger partial charge in [-0.1, -0.05) is 28.1 Å². The molecule has 30 heavy (non-hydrogen) atoms. The van der Waals surface area contributed by atoms with Crippen molar-refractivity contribution in [3.63, 3.8) is 0 Å². The van der Waals surface area contributed by atoms with Crippen LogP contribution >= 0.6 is 15.9 Å². The SMILES string of the molecule is COc1ccc(O)c(C=NNC(=O)c2nn(Cc3ccc(Br)cc3)cc2[N+](=O)[O-])c1. The second-order valence-electron chi connectivity index (χ2n) is 6.07. The molecule has 0 aliphatic heterocycles. The number of ether oxygens (including phenoxy) is 1. The van der Waals surface area contributed by atoms with Crippen LogP contribution in [-0.2, 0) is 6.54 Å². The lowest BCUT2D eigenvalue weighted by Gasteiger charge is -2.03. The van der Waals surface area contributed by atoms with Gasteiger partial charge in [0, 0.05) is 10.0 Å². The minimum atomic E-state index is -0.852. The van der Waals surface area contributed by atoms with Gasteiger partial charge in [-0.2, -0.15) is 10.2 Å². The zero-order valence-electron chi connectivity index (χ0n) is 15.7. The van der Waals surface area contributed by atoms with E-state index >= 15 is 0 Å². The third-order valence-electron chi connectivity index (χ3n) is 4.02. The van der Waals surface area contributed by atoms with Gasteiger partial charge in [-0.15, -0.1) is 0 Å². The van der Waals surface area contributed by atoms with Crippen LogP contribution in [0.5, 0.6) is 11.5 Å². The number of aromatic nitrogens is 2. The number of benzene rings is 2. The fourth-order valence-electron chi connectivity index (χ4n) is 2.54. The lowest BCUT2D eigenvalue weighted by atomic mass is 10.2. The number of phenols is 1. The van der Waals surface area contributed by atoms with E-state index in [4.69, 9.17) is 4.74 Å². The Hall–Kier alpha value is -3.73. The van der Waals surface area contributed by atoms with Crippen molar-refractivity contribution in [3.05, 3.63) is 80.1 Å². The second kappa shape index (κ2) is 9.18. The number of hydrogen-bond donors (Lipinski definition) is 2. The molecule has 3 rings (SSSR count). The minimum absolute atomic E-state index is 0.0708. The van der Waals surface area contributed by atoms with E-state index in [1.807, 2.05) is 24.3 Å². The lowest BCUT2D eigenvalue weighted by Crippen LogP contribution is -2.19. The number of nitro groups is 1. The number of aromatic hydroxyl groups is 1. The number of hydrogen-bond acceptors (Lipinski definition) is 7. The highest BCUT2D eigenvalue weighted by Gasteiger charge is 2.25. The number of carbonyl (C=O) groups is 1. The van der Waals surface area contributed by atoms with E-state index in [9.17, 15) is 20.0 Å². The first kappa shape index (κ1) is 21.0. The summed E-state index contributed by atoms with van der Waals surface area (Å²) in [7, 11) is 1.47. The van der Waals surface area contributed by atoms with Crippen molar-refractivity contribution in [3.8, 4) is 11.5 Å². The summed E-state index contributed by atoms with van der Waals surface area (Å²) in [4.78, 5) is 23.0. The predicted octanol–water partition coefficient (Wildman–Crippen LogP) is 3.08. The molecule has 0 bridgehead atoms. The van der Waals surface area contributed by atoms with Crippen LogP contribution in [0.1, 0.15) is 21.6 Å². The number of nitrogens with one attached hydrogen (secondary N) is 1. The number of hydrazone groups is 1. The summed E-state index contributed by atoms with van der Waals surface area (Å²) in [6.45, 7) is 0.252. The van der Waals surface area contributed by atoms with Crippen molar-refractivity contribution in [1.82, 2.24) is 15.2 Å². The molecule has 0 radical (unpaired) electrons. The Balaban J connectivity index is 1.77. The molecule has 0 spiro atoms. The van der Waals surface area contributed by atoms with Gasteiger partial charge in [-0.3, -0.25) is 19.6 Å². The van der Waals surface area contributed by atoms with Crippen molar-refractivity contribution < 1.29 is 19.6 Å². The van der Waals surface area contributed by atoms with Crippen molar-refractivity contribution in [2.45, 2.75) is 6.54 Å². The molecule has 2 aromatic carbocycles. The van der Waals surface area contributed by atoms with E-state index < -0.39 is 16.5 Å². The summed E-state index contributed by atoms with van der Waals surface area (Å²) in [5, 5.41) is 28.9. The van der Waals surface area contributed by atoms with E-state index in [0.29, 0.717) is 11.3 Å². The van der Waals surface area contributed by atoms with Gasteiger partial charge in [0.1, 0.15) is 17.7 Å². The Labute approximate surface area is 179 Å². The number of rotatable bonds is 7. The van der Waals surface area contributed by atoms with Crippen LogP contribution in [0.3, 0.4) is 0 Å². The molecule has 154 valence electrons. The first-order chi connectivity index (χ1) is 14.4. The average molecular weight is 474 g/mol. The number of amides is 1. The van der Waals surface area contributed by atoms with E-state index in [1.54, 1.807) is 6.07 Å². The van der Waals surface area contributed by atoms with E-state index in [1.165, 1.54) is 36.3 Å². The van der Waals surface area contributed by atoms with Gasteiger partial charge in [0.25, 0.3) is 5.91 Å². The first-order valence-corrected chi connectivity index (χ1v) is 9.33. The van der Waals surface area contributed by atoms with Crippen molar-refractivity contribution in [2.24, 2.45) is 5.10 Å². The first-order valence-electron chi connectivity index (χ1n) is 8.54. The molecule has 10 nitrogen and oxygen atoms in total. The number of methoxy groups -OCH3 is 1. The Kier molecular flexibility index (Phi) is 6.42. The van der Waals surface area contributed by atoms with Crippen LogP contribution in [0.4, 0.5) is 5.69 Å². The standard InChI is InChI=1S/C19H16BrN5O5/c1-30-15-6-7-17(26)13(8-15)9-21-22-19(27)18-16(25(28)29)11-24(23-18)10-12-2-4-14(20)5-3-12/h2-9,11,26H,10H2,1H3,(H,22,27). The highest BCUT2D eigenvalue weighted by atomic mass is 79.9. The van der Waals surface area contributed by atoms with Crippen molar-refractivity contribution in [2.75, 3.05) is 7.11 Å². The van der Waals surface area contributed by atoms with Crippen LogP contribution < -0.4 is 10.2 Å². The highest BCUT2D eigenvalue weighted by molar-refractivity contribution is 9.10. The van der Waals surface area contributed by atoms with Gasteiger partial charge in [0.15, 0.2) is 0 Å². The predicted molar refractivity (Wildman–Crippen MR) is 112 cm³/mol. The molecular weight excluding hydrogens is 458 g/mol. The zero-order valence-corrected chi connectivity index (χ0v) is 17.2. The summed E-state index contributed by atoms with van der Waals surface area (Å²) in [5.41, 5.74) is 2.52. The summed E-state index contributed by atoms with van der Waals surface area (Å²) in [5.74, 6) is -0.434. The molecule has 3 aromatic rings. The largest absolute Gasteiger partial charge is 0.507 e. The smallest absolute Gasteiger partial charge is 0.320 e. The minimum Gasteiger partial charge on any atom is -0.507 e. The molecule has 0 saturated carbocycles. The summed E-state index contributed by atoms with van der Waals surface area (Å²) >= 11 is 3.34. The molecule has 11 heteroatoms. The lowest BCUT2D eigenvalue weighted by molar-refractivity contribution is -0.385. The van der Waals surface area contributed by atoms with Gasteiger partial charge in [0.05, 0.1) is 24.8 Å². The third-order valence-corrected chi connectivity index (χ3v) is 4.55. The van der Waals surface area contributed by atoms with Crippen molar-refractivity contribution in [1.29, 1.82) is 0 Å². The van der Waals surface area contributed by atoms with Gasteiger partial charge in [0.2, 0.25) is 5.69 Å². The van der Waals surface area contributed by atoms with Gasteiger partial charge >= 0.3 is 5.69 Å². The number of carbonyl (C=O) groups excluding carboxylic acids is 1. The maximum absolute atomic E-state index is 12.4. The quantitative estimate of drug-likeness (QED) is 0.307. The number of phenolic OH excluding ortho intramolecular Hbond substituents is 1. The molecule has 0 aliphatic rings. The van der Waals surface area contributed by atoms with E-state index in [2.05, 4.69) is 31.6 Å². The fourth-order valence-corrected chi connectivity index (χ4v) is 2.80. The molecule has 0 aliphatic carbocycles. The van der Waals surface area contributed by atoms with Gasteiger partial charge < -0.3 is 9.84 Å². The summed E-state index contributed by atoms with van der Waals surface area (Å²) in [6, 6.07) is 11.8. The summed E-state index contributed by atoms with van der Waals surface area (Å²) in [6.07, 6.45) is 2.38. The van der Waals surface area contributed by atoms with Crippen LogP contribution in [0, 0.1) is 10.1 Å². The third kappa shape index (κ3) is 5.00. The van der Waals surface area contributed by atoms with Gasteiger partial charge in [-0.05, 0) is 35.9 Å². The van der Waals surface area contributed by atoms with Crippen LogP contribution in [0.15, 0.2) is 58.2 Å². The maximum atomic E-state index is 12.4. The Bertz CT molecular complexity index is 1110. The Morgan fingerprint density at radius 3 is 2.77 bits per heavy atom. The zero-order chi connectivity index (χ0) is 21.7. The fraction of sp³-hybridized carbons (Fsp3) is 0.105.